The smallest absolute Gasteiger partial charge is 0.217 e. The molecule has 0 aromatic heterocycles. The molecule has 1 unspecified atom stereocenters. The van der Waals surface area contributed by atoms with E-state index in [2.05, 4.69) is 34.5 Å². The Morgan fingerprint density at radius 3 is 2.64 bits per heavy atom. The molecule has 0 aliphatic carbocycles. The summed E-state index contributed by atoms with van der Waals surface area (Å²) in [6.07, 6.45) is 1.14. The first kappa shape index (κ1) is 20.7. The molecule has 0 radical (unpaired) electrons. The minimum atomic E-state index is -0.00177. The molecule has 1 aliphatic rings. The molecule has 0 spiro atoms. The van der Waals surface area contributed by atoms with Crippen molar-refractivity contribution in [2.45, 2.75) is 59.4 Å². The molecule has 2 aromatic carbocycles. The zero-order chi connectivity index (χ0) is 20.3. The van der Waals surface area contributed by atoms with E-state index in [4.69, 9.17) is 16.3 Å². The standard InChI is InChI=1S/C23H29ClN2O2/c1-15(2)28-22-8-7-21(23(24)12-22)14-26-10-9-19-11-18(5-6-20(19)13-26)16(3)25-17(4)27/h5-8,11-12,15-16H,9-10,13-14H2,1-4H3,(H,25,27). The second-order valence-corrected chi connectivity index (χ2v) is 8.24. The lowest BCUT2D eigenvalue weighted by molar-refractivity contribution is -0.119. The average Bonchev–Trinajstić information content (AvgIpc) is 2.62. The number of ether oxygens (including phenoxy) is 1. The van der Waals surface area contributed by atoms with Crippen molar-refractivity contribution >= 4 is 17.5 Å². The van der Waals surface area contributed by atoms with Crippen LogP contribution < -0.4 is 10.1 Å². The minimum Gasteiger partial charge on any atom is -0.491 e. The Kier molecular flexibility index (Phi) is 6.63. The molecule has 28 heavy (non-hydrogen) atoms. The highest BCUT2D eigenvalue weighted by molar-refractivity contribution is 6.31. The highest BCUT2D eigenvalue weighted by Crippen LogP contribution is 2.28. The van der Waals surface area contributed by atoms with Crippen molar-refractivity contribution in [1.82, 2.24) is 10.2 Å². The molecule has 1 amide bonds. The maximum Gasteiger partial charge on any atom is 0.217 e. The van der Waals surface area contributed by atoms with E-state index < -0.39 is 0 Å². The molecule has 150 valence electrons. The van der Waals surface area contributed by atoms with Gasteiger partial charge < -0.3 is 10.1 Å². The number of carbonyl (C=O) groups excluding carboxylic acids is 1. The molecule has 1 N–H and O–H groups in total. The van der Waals surface area contributed by atoms with Crippen LogP contribution in [0.2, 0.25) is 5.02 Å². The first-order valence-corrected chi connectivity index (χ1v) is 10.3. The van der Waals surface area contributed by atoms with Crippen LogP contribution in [0.5, 0.6) is 5.75 Å². The molecule has 0 saturated carbocycles. The summed E-state index contributed by atoms with van der Waals surface area (Å²) >= 11 is 6.49. The lowest BCUT2D eigenvalue weighted by Gasteiger charge is -2.30. The van der Waals surface area contributed by atoms with Gasteiger partial charge >= 0.3 is 0 Å². The van der Waals surface area contributed by atoms with Gasteiger partial charge in [-0.2, -0.15) is 0 Å². The van der Waals surface area contributed by atoms with Crippen LogP contribution in [0.15, 0.2) is 36.4 Å². The summed E-state index contributed by atoms with van der Waals surface area (Å²) in [7, 11) is 0. The van der Waals surface area contributed by atoms with E-state index in [0.717, 1.165) is 48.0 Å². The molecule has 1 atom stereocenters. The van der Waals surface area contributed by atoms with E-state index in [1.165, 1.54) is 11.1 Å². The second-order valence-electron chi connectivity index (χ2n) is 7.83. The molecule has 2 aromatic rings. The van der Waals surface area contributed by atoms with Gasteiger partial charge in [0.1, 0.15) is 5.75 Å². The van der Waals surface area contributed by atoms with E-state index in [1.54, 1.807) is 6.92 Å². The zero-order valence-electron chi connectivity index (χ0n) is 17.1. The summed E-state index contributed by atoms with van der Waals surface area (Å²) in [6, 6.07) is 12.5. The number of hydrogen-bond acceptors (Lipinski definition) is 3. The quantitative estimate of drug-likeness (QED) is 0.751. The van der Waals surface area contributed by atoms with Gasteiger partial charge in [-0.3, -0.25) is 9.69 Å². The molecule has 1 heterocycles. The van der Waals surface area contributed by atoms with Crippen molar-refractivity contribution in [3.63, 3.8) is 0 Å². The molecular weight excluding hydrogens is 372 g/mol. The Bertz CT molecular complexity index is 850. The van der Waals surface area contributed by atoms with Crippen molar-refractivity contribution in [1.29, 1.82) is 0 Å². The van der Waals surface area contributed by atoms with Gasteiger partial charge in [0.05, 0.1) is 12.1 Å². The normalized spacial score (nSPS) is 15.2. The van der Waals surface area contributed by atoms with Crippen LogP contribution >= 0.6 is 11.6 Å². The van der Waals surface area contributed by atoms with Gasteiger partial charge in [-0.05, 0) is 61.6 Å². The van der Waals surface area contributed by atoms with Gasteiger partial charge in [-0.25, -0.2) is 0 Å². The summed E-state index contributed by atoms with van der Waals surface area (Å²) in [4.78, 5) is 13.7. The third-order valence-corrected chi connectivity index (χ3v) is 5.38. The molecule has 4 nitrogen and oxygen atoms in total. The number of hydrogen-bond donors (Lipinski definition) is 1. The topological polar surface area (TPSA) is 41.6 Å². The van der Waals surface area contributed by atoms with Crippen molar-refractivity contribution in [3.8, 4) is 5.75 Å². The molecule has 0 saturated heterocycles. The highest BCUT2D eigenvalue weighted by Gasteiger charge is 2.19. The number of halogens is 1. The van der Waals surface area contributed by atoms with Crippen LogP contribution in [-0.2, 0) is 24.3 Å². The van der Waals surface area contributed by atoms with E-state index >= 15 is 0 Å². The molecule has 5 heteroatoms. The monoisotopic (exact) mass is 400 g/mol. The van der Waals surface area contributed by atoms with Gasteiger partial charge in [-0.15, -0.1) is 0 Å². The first-order chi connectivity index (χ1) is 13.3. The number of benzene rings is 2. The Hall–Kier alpha value is -2.04. The third-order valence-electron chi connectivity index (χ3n) is 5.03. The Morgan fingerprint density at radius 1 is 1.18 bits per heavy atom. The van der Waals surface area contributed by atoms with Crippen molar-refractivity contribution in [3.05, 3.63) is 63.7 Å². The van der Waals surface area contributed by atoms with Crippen molar-refractivity contribution in [2.24, 2.45) is 0 Å². The number of fused-ring (bicyclic) bond motifs is 1. The van der Waals surface area contributed by atoms with Gasteiger partial charge in [0.15, 0.2) is 0 Å². The summed E-state index contributed by atoms with van der Waals surface area (Å²) in [6.45, 7) is 10.3. The largest absolute Gasteiger partial charge is 0.491 e. The van der Waals surface area contributed by atoms with Crippen LogP contribution in [-0.4, -0.2) is 23.5 Å². The van der Waals surface area contributed by atoms with Crippen molar-refractivity contribution < 1.29 is 9.53 Å². The van der Waals surface area contributed by atoms with E-state index in [1.807, 2.05) is 32.9 Å². The fraction of sp³-hybridized carbons (Fsp3) is 0.435. The molecule has 0 fully saturated rings. The van der Waals surface area contributed by atoms with Gasteiger partial charge in [0.25, 0.3) is 0 Å². The highest BCUT2D eigenvalue weighted by atomic mass is 35.5. The molecular formula is C23H29ClN2O2. The second kappa shape index (κ2) is 8.97. The SMILES string of the molecule is CC(=O)NC(C)c1ccc2c(c1)CCN(Cc1ccc(OC(C)C)cc1Cl)C2. The van der Waals surface area contributed by atoms with Gasteiger partial charge in [0.2, 0.25) is 5.91 Å². The first-order valence-electron chi connectivity index (χ1n) is 9.88. The Balaban J connectivity index is 1.66. The summed E-state index contributed by atoms with van der Waals surface area (Å²) in [5, 5.41) is 3.71. The minimum absolute atomic E-state index is 0.00177. The van der Waals surface area contributed by atoms with E-state index in [9.17, 15) is 4.79 Å². The third kappa shape index (κ3) is 5.27. The fourth-order valence-corrected chi connectivity index (χ4v) is 3.90. The maximum atomic E-state index is 11.3. The van der Waals surface area contributed by atoms with Gasteiger partial charge in [-0.1, -0.05) is 35.9 Å². The summed E-state index contributed by atoms with van der Waals surface area (Å²) < 4.78 is 5.72. The van der Waals surface area contributed by atoms with Crippen molar-refractivity contribution in [2.75, 3.05) is 6.54 Å². The Labute approximate surface area is 172 Å². The number of amides is 1. The zero-order valence-corrected chi connectivity index (χ0v) is 17.8. The maximum absolute atomic E-state index is 11.3. The lowest BCUT2D eigenvalue weighted by atomic mass is 9.95. The number of nitrogens with one attached hydrogen (secondary N) is 1. The number of nitrogens with zero attached hydrogens (tertiary/aromatic N) is 1. The molecule has 0 bridgehead atoms. The van der Waals surface area contributed by atoms with E-state index in [0.29, 0.717) is 0 Å². The predicted octanol–water partition coefficient (Wildman–Crippen LogP) is 4.88. The van der Waals surface area contributed by atoms with Crippen LogP contribution in [0.25, 0.3) is 0 Å². The van der Waals surface area contributed by atoms with Crippen LogP contribution in [0.3, 0.4) is 0 Å². The van der Waals surface area contributed by atoms with Crippen LogP contribution in [0, 0.1) is 0 Å². The van der Waals surface area contributed by atoms with E-state index in [-0.39, 0.29) is 18.1 Å². The summed E-state index contributed by atoms with van der Waals surface area (Å²) in [5.41, 5.74) is 5.00. The molecule has 1 aliphatic heterocycles. The molecule has 3 rings (SSSR count). The number of rotatable bonds is 6. The van der Waals surface area contributed by atoms with Crippen LogP contribution in [0.1, 0.15) is 56.0 Å². The lowest BCUT2D eigenvalue weighted by Crippen LogP contribution is -2.30. The number of carbonyl (C=O) groups is 1. The predicted molar refractivity (Wildman–Crippen MR) is 114 cm³/mol. The average molecular weight is 401 g/mol. The fourth-order valence-electron chi connectivity index (χ4n) is 3.67. The Morgan fingerprint density at radius 2 is 1.96 bits per heavy atom. The van der Waals surface area contributed by atoms with Gasteiger partial charge in [0, 0.05) is 31.6 Å². The summed E-state index contributed by atoms with van der Waals surface area (Å²) in [5.74, 6) is 0.812. The van der Waals surface area contributed by atoms with Crippen LogP contribution in [0.4, 0.5) is 0 Å².